The molecule has 2 rings (SSSR count). The van der Waals surface area contributed by atoms with Crippen LogP contribution in [-0.4, -0.2) is 21.0 Å². The van der Waals surface area contributed by atoms with E-state index >= 15 is 0 Å². The molecule has 0 amide bonds. The molecule has 1 heterocycles. The van der Waals surface area contributed by atoms with Crippen LogP contribution in [0, 0.1) is 6.92 Å². The lowest BCUT2D eigenvalue weighted by Gasteiger charge is -2.04. The molecule has 2 aromatic rings. The fraction of sp³-hybridized carbons (Fsp3) is 0.0833. The van der Waals surface area contributed by atoms with E-state index in [9.17, 15) is 4.79 Å². The average molecular weight is 230 g/mol. The van der Waals surface area contributed by atoms with Crippen molar-refractivity contribution < 1.29 is 14.6 Å². The van der Waals surface area contributed by atoms with Gasteiger partial charge in [-0.15, -0.1) is 0 Å². The lowest BCUT2D eigenvalue weighted by Crippen LogP contribution is -1.96. The second-order valence-electron chi connectivity index (χ2n) is 3.37. The Labute approximate surface area is 97.7 Å². The van der Waals surface area contributed by atoms with Crippen molar-refractivity contribution in [2.45, 2.75) is 6.92 Å². The second kappa shape index (κ2) is 4.61. The van der Waals surface area contributed by atoms with Gasteiger partial charge >= 0.3 is 5.97 Å². The summed E-state index contributed by atoms with van der Waals surface area (Å²) in [5.74, 6) is 0.618. The summed E-state index contributed by atoms with van der Waals surface area (Å²) in [5.41, 5.74) is 0.219. The van der Waals surface area contributed by atoms with E-state index in [0.29, 0.717) is 17.5 Å². The molecule has 1 aromatic heterocycles. The molecular weight excluding hydrogens is 220 g/mol. The van der Waals surface area contributed by atoms with Gasteiger partial charge in [-0.1, -0.05) is 0 Å². The van der Waals surface area contributed by atoms with Crippen LogP contribution >= 0.6 is 0 Å². The standard InChI is InChI=1S/C12H10N2O3/c1-8-13-7-6-11(14-8)17-10-4-2-9(3-5-10)12(15)16/h2-7H,1H3,(H,15,16). The Bertz CT molecular complexity index is 538. The predicted molar refractivity (Wildman–Crippen MR) is 60.2 cm³/mol. The number of aryl methyl sites for hydroxylation is 1. The number of aromatic carboxylic acids is 1. The van der Waals surface area contributed by atoms with Gasteiger partial charge in [0.15, 0.2) is 0 Å². The van der Waals surface area contributed by atoms with Crippen molar-refractivity contribution in [1.82, 2.24) is 9.97 Å². The van der Waals surface area contributed by atoms with E-state index in [1.807, 2.05) is 0 Å². The van der Waals surface area contributed by atoms with Crippen LogP contribution < -0.4 is 4.74 Å². The van der Waals surface area contributed by atoms with Crippen LogP contribution in [-0.2, 0) is 0 Å². The molecule has 0 spiro atoms. The second-order valence-corrected chi connectivity index (χ2v) is 3.37. The van der Waals surface area contributed by atoms with Gasteiger partial charge in [0.25, 0.3) is 0 Å². The molecule has 0 radical (unpaired) electrons. The lowest BCUT2D eigenvalue weighted by molar-refractivity contribution is 0.0697. The maximum atomic E-state index is 10.7. The van der Waals surface area contributed by atoms with Crippen molar-refractivity contribution in [2.24, 2.45) is 0 Å². The summed E-state index contributed by atoms with van der Waals surface area (Å²) in [6.07, 6.45) is 1.60. The zero-order valence-corrected chi connectivity index (χ0v) is 9.12. The molecule has 0 saturated carbocycles. The molecule has 0 atom stereocenters. The first-order valence-corrected chi connectivity index (χ1v) is 4.96. The number of aromatic nitrogens is 2. The number of carboxylic acid groups (broad SMARTS) is 1. The van der Waals surface area contributed by atoms with Crippen molar-refractivity contribution in [1.29, 1.82) is 0 Å². The van der Waals surface area contributed by atoms with Crippen molar-refractivity contribution in [2.75, 3.05) is 0 Å². The summed E-state index contributed by atoms with van der Waals surface area (Å²) < 4.78 is 5.45. The van der Waals surface area contributed by atoms with Gasteiger partial charge in [-0.2, -0.15) is 4.98 Å². The quantitative estimate of drug-likeness (QED) is 0.875. The summed E-state index contributed by atoms with van der Waals surface area (Å²) in [7, 11) is 0. The van der Waals surface area contributed by atoms with Crippen LogP contribution in [0.3, 0.4) is 0 Å². The summed E-state index contributed by atoms with van der Waals surface area (Å²) in [6, 6.07) is 7.76. The minimum Gasteiger partial charge on any atom is -0.478 e. The molecule has 0 unspecified atom stereocenters. The number of nitrogens with zero attached hydrogens (tertiary/aromatic N) is 2. The van der Waals surface area contributed by atoms with Gasteiger partial charge in [-0.05, 0) is 31.2 Å². The molecule has 0 bridgehead atoms. The van der Waals surface area contributed by atoms with Crippen molar-refractivity contribution in [3.05, 3.63) is 47.9 Å². The third-order valence-electron chi connectivity index (χ3n) is 2.07. The summed E-state index contributed by atoms with van der Waals surface area (Å²) in [4.78, 5) is 18.7. The zero-order valence-electron chi connectivity index (χ0n) is 9.12. The average Bonchev–Trinajstić information content (AvgIpc) is 2.29. The van der Waals surface area contributed by atoms with Crippen LogP contribution in [0.2, 0.25) is 0 Å². The molecule has 1 N–H and O–H groups in total. The van der Waals surface area contributed by atoms with Crippen molar-refractivity contribution >= 4 is 5.97 Å². The highest BCUT2D eigenvalue weighted by atomic mass is 16.5. The van der Waals surface area contributed by atoms with E-state index < -0.39 is 5.97 Å². The molecule has 5 nitrogen and oxygen atoms in total. The van der Waals surface area contributed by atoms with Crippen LogP contribution in [0.5, 0.6) is 11.6 Å². The van der Waals surface area contributed by atoms with Gasteiger partial charge in [-0.25, -0.2) is 9.78 Å². The van der Waals surface area contributed by atoms with E-state index in [2.05, 4.69) is 9.97 Å². The van der Waals surface area contributed by atoms with Crippen LogP contribution in [0.4, 0.5) is 0 Å². The number of hydrogen-bond donors (Lipinski definition) is 1. The number of carbonyl (C=O) groups is 1. The van der Waals surface area contributed by atoms with Crippen LogP contribution in [0.25, 0.3) is 0 Å². The highest BCUT2D eigenvalue weighted by molar-refractivity contribution is 5.87. The number of benzene rings is 1. The first-order chi connectivity index (χ1) is 8.15. The molecule has 0 aliphatic heterocycles. The predicted octanol–water partition coefficient (Wildman–Crippen LogP) is 2.28. The monoisotopic (exact) mass is 230 g/mol. The number of hydrogen-bond acceptors (Lipinski definition) is 4. The first kappa shape index (κ1) is 11.1. The Morgan fingerprint density at radius 2 is 1.94 bits per heavy atom. The normalized spacial score (nSPS) is 9.94. The Balaban J connectivity index is 2.16. The van der Waals surface area contributed by atoms with Crippen molar-refractivity contribution in [3.63, 3.8) is 0 Å². The van der Waals surface area contributed by atoms with E-state index in [1.54, 1.807) is 31.3 Å². The van der Waals surface area contributed by atoms with Crippen LogP contribution in [0.15, 0.2) is 36.5 Å². The molecule has 0 saturated heterocycles. The Hall–Kier alpha value is -2.43. The maximum Gasteiger partial charge on any atom is 0.335 e. The maximum absolute atomic E-state index is 10.7. The number of carboxylic acids is 1. The summed E-state index contributed by atoms with van der Waals surface area (Å²) in [5, 5.41) is 8.74. The SMILES string of the molecule is Cc1nccc(Oc2ccc(C(=O)O)cc2)n1. The molecule has 0 aliphatic carbocycles. The highest BCUT2D eigenvalue weighted by Crippen LogP contribution is 2.19. The Kier molecular flexibility index (Phi) is 3.00. The number of ether oxygens (including phenoxy) is 1. The van der Waals surface area contributed by atoms with Crippen LogP contribution in [0.1, 0.15) is 16.2 Å². The first-order valence-electron chi connectivity index (χ1n) is 4.96. The molecule has 0 aliphatic rings. The largest absolute Gasteiger partial charge is 0.478 e. The third kappa shape index (κ3) is 2.78. The fourth-order valence-corrected chi connectivity index (χ4v) is 1.28. The van der Waals surface area contributed by atoms with E-state index in [4.69, 9.17) is 9.84 Å². The van der Waals surface area contributed by atoms with Gasteiger partial charge in [0.05, 0.1) is 5.56 Å². The van der Waals surface area contributed by atoms with Gasteiger partial charge in [0.1, 0.15) is 11.6 Å². The third-order valence-corrected chi connectivity index (χ3v) is 2.07. The summed E-state index contributed by atoms with van der Waals surface area (Å²) >= 11 is 0. The highest BCUT2D eigenvalue weighted by Gasteiger charge is 2.03. The Morgan fingerprint density at radius 1 is 1.24 bits per heavy atom. The summed E-state index contributed by atoms with van der Waals surface area (Å²) in [6.45, 7) is 1.76. The lowest BCUT2D eigenvalue weighted by atomic mass is 10.2. The van der Waals surface area contributed by atoms with Gasteiger partial charge in [0, 0.05) is 12.3 Å². The van der Waals surface area contributed by atoms with Gasteiger partial charge in [0.2, 0.25) is 5.88 Å². The Morgan fingerprint density at radius 3 is 2.53 bits per heavy atom. The smallest absolute Gasteiger partial charge is 0.335 e. The zero-order chi connectivity index (χ0) is 12.3. The van der Waals surface area contributed by atoms with E-state index in [-0.39, 0.29) is 5.56 Å². The topological polar surface area (TPSA) is 72.3 Å². The molecule has 1 aromatic carbocycles. The minimum atomic E-state index is -0.963. The molecule has 0 fully saturated rings. The fourth-order valence-electron chi connectivity index (χ4n) is 1.28. The van der Waals surface area contributed by atoms with Gasteiger partial charge < -0.3 is 9.84 Å². The molecule has 86 valence electrons. The van der Waals surface area contributed by atoms with E-state index in [1.165, 1.54) is 12.1 Å². The van der Waals surface area contributed by atoms with Gasteiger partial charge in [-0.3, -0.25) is 0 Å². The van der Waals surface area contributed by atoms with Crippen molar-refractivity contribution in [3.8, 4) is 11.6 Å². The molecule has 17 heavy (non-hydrogen) atoms. The molecular formula is C12H10N2O3. The van der Waals surface area contributed by atoms with E-state index in [0.717, 1.165) is 0 Å². The minimum absolute atomic E-state index is 0.219. The molecule has 5 heteroatoms. The number of rotatable bonds is 3.